The van der Waals surface area contributed by atoms with Gasteiger partial charge in [0, 0.05) is 30.3 Å². The quantitative estimate of drug-likeness (QED) is 0.172. The van der Waals surface area contributed by atoms with Crippen molar-refractivity contribution in [3.05, 3.63) is 113 Å². The van der Waals surface area contributed by atoms with E-state index in [9.17, 15) is 14.7 Å². The molecule has 9 heteroatoms. The highest BCUT2D eigenvalue weighted by molar-refractivity contribution is 5.91. The highest BCUT2D eigenvalue weighted by Gasteiger charge is 2.33. The molecule has 1 aliphatic heterocycles. The van der Waals surface area contributed by atoms with E-state index >= 15 is 0 Å². The minimum atomic E-state index is -0.623. The van der Waals surface area contributed by atoms with Gasteiger partial charge in [0.05, 0.1) is 25.4 Å². The summed E-state index contributed by atoms with van der Waals surface area (Å²) in [4.78, 5) is 26.1. The zero-order valence-corrected chi connectivity index (χ0v) is 25.9. The molecule has 45 heavy (non-hydrogen) atoms. The van der Waals surface area contributed by atoms with E-state index in [-0.39, 0.29) is 38.0 Å². The molecular formula is C36H41N3O6. The third-order valence-electron chi connectivity index (χ3n) is 8.16. The first-order chi connectivity index (χ1) is 21.8. The van der Waals surface area contributed by atoms with Crippen LogP contribution in [0, 0.1) is 0 Å². The fourth-order valence-electron chi connectivity index (χ4n) is 5.50. The number of nitrogens with zero attached hydrogens (tertiary/aromatic N) is 1. The second kappa shape index (κ2) is 15.1. The van der Waals surface area contributed by atoms with Gasteiger partial charge in [0.1, 0.15) is 6.54 Å². The second-order valence-corrected chi connectivity index (χ2v) is 11.3. The Morgan fingerprint density at radius 1 is 0.956 bits per heavy atom. The zero-order chi connectivity index (χ0) is 31.8. The van der Waals surface area contributed by atoms with Crippen molar-refractivity contribution in [2.75, 3.05) is 32.1 Å². The molecule has 236 valence electrons. The summed E-state index contributed by atoms with van der Waals surface area (Å²) < 4.78 is 17.9. The number of amides is 2. The average Bonchev–Trinajstić information content (AvgIpc) is 3.07. The number of hydrogen-bond acceptors (Lipinski definition) is 7. The summed E-state index contributed by atoms with van der Waals surface area (Å²) in [6.07, 6.45) is -0.283. The van der Waals surface area contributed by atoms with E-state index in [1.165, 1.54) is 16.3 Å². The number of nitrogens with one attached hydrogen (secondary N) is 2. The van der Waals surface area contributed by atoms with E-state index in [0.29, 0.717) is 18.7 Å². The summed E-state index contributed by atoms with van der Waals surface area (Å²) in [5.74, 6) is -0.498. The first-order valence-electron chi connectivity index (χ1n) is 15.3. The molecule has 4 unspecified atom stereocenters. The maximum absolute atomic E-state index is 12.2. The van der Waals surface area contributed by atoms with Gasteiger partial charge < -0.3 is 30.0 Å². The fourth-order valence-corrected chi connectivity index (χ4v) is 5.50. The lowest BCUT2D eigenvalue weighted by atomic mass is 9.98. The van der Waals surface area contributed by atoms with Crippen LogP contribution in [0.25, 0.3) is 10.8 Å². The molecule has 4 aromatic carbocycles. The maximum atomic E-state index is 12.2. The molecular weight excluding hydrogens is 570 g/mol. The van der Waals surface area contributed by atoms with E-state index in [0.717, 1.165) is 16.7 Å². The average molecular weight is 612 g/mol. The van der Waals surface area contributed by atoms with Gasteiger partial charge in [0.15, 0.2) is 6.29 Å². The zero-order valence-electron chi connectivity index (χ0n) is 25.9. The lowest BCUT2D eigenvalue weighted by Gasteiger charge is -2.39. The van der Waals surface area contributed by atoms with Crippen molar-refractivity contribution in [2.24, 2.45) is 0 Å². The molecule has 0 aromatic heterocycles. The molecule has 1 fully saturated rings. The third-order valence-corrected chi connectivity index (χ3v) is 8.16. The number of fused-ring (bicyclic) bond motifs is 1. The molecule has 9 nitrogen and oxygen atoms in total. The smallest absolute Gasteiger partial charge is 0.325 e. The molecule has 0 saturated carbocycles. The molecule has 0 spiro atoms. The van der Waals surface area contributed by atoms with Gasteiger partial charge in [-0.1, -0.05) is 72.8 Å². The van der Waals surface area contributed by atoms with Crippen molar-refractivity contribution in [1.82, 2.24) is 10.2 Å². The molecule has 4 atom stereocenters. The van der Waals surface area contributed by atoms with Crippen molar-refractivity contribution < 1.29 is 28.9 Å². The number of esters is 1. The molecule has 0 radical (unpaired) electrons. The fraction of sp³-hybridized carbons (Fsp3) is 0.333. The van der Waals surface area contributed by atoms with Crippen molar-refractivity contribution in [2.45, 2.75) is 51.4 Å². The molecule has 0 aliphatic carbocycles. The number of hydrogen-bond donors (Lipinski definition) is 3. The van der Waals surface area contributed by atoms with Gasteiger partial charge in [0.25, 0.3) is 0 Å². The van der Waals surface area contributed by atoms with Gasteiger partial charge >= 0.3 is 12.0 Å². The SMILES string of the molecule is CCOC(=O)CNC(=O)Nc1ccc(C2OC(CN(C)C(C)c3ccc4ccccc4c3)CC(c3ccc(CO)cc3)O2)cc1. The van der Waals surface area contributed by atoms with E-state index in [4.69, 9.17) is 14.2 Å². The normalized spacial score (nSPS) is 18.8. The number of carbonyl (C=O) groups excluding carboxylic acids is 2. The molecule has 1 aliphatic rings. The Balaban J connectivity index is 1.29. The predicted octanol–water partition coefficient (Wildman–Crippen LogP) is 6.26. The van der Waals surface area contributed by atoms with Crippen molar-refractivity contribution in [3.63, 3.8) is 0 Å². The summed E-state index contributed by atoms with van der Waals surface area (Å²) in [6.45, 7) is 4.64. The van der Waals surface area contributed by atoms with Crippen LogP contribution in [0.5, 0.6) is 0 Å². The largest absolute Gasteiger partial charge is 0.465 e. The van der Waals surface area contributed by atoms with Crippen LogP contribution in [0.1, 0.15) is 61.0 Å². The van der Waals surface area contributed by atoms with Gasteiger partial charge in [-0.05, 0) is 66.6 Å². The van der Waals surface area contributed by atoms with E-state index in [1.807, 2.05) is 36.4 Å². The van der Waals surface area contributed by atoms with Crippen LogP contribution >= 0.6 is 0 Å². The Hall–Kier alpha value is -4.28. The Labute approximate surface area is 264 Å². The molecule has 1 heterocycles. The van der Waals surface area contributed by atoms with Crippen LogP contribution in [-0.2, 0) is 25.6 Å². The molecule has 4 aromatic rings. The minimum Gasteiger partial charge on any atom is -0.465 e. The number of ether oxygens (including phenoxy) is 3. The summed E-state index contributed by atoms with van der Waals surface area (Å²) in [7, 11) is 2.12. The van der Waals surface area contributed by atoms with Crippen molar-refractivity contribution in [3.8, 4) is 0 Å². The predicted molar refractivity (Wildman–Crippen MR) is 174 cm³/mol. The summed E-state index contributed by atoms with van der Waals surface area (Å²) >= 11 is 0. The van der Waals surface area contributed by atoms with Crippen LogP contribution in [0.2, 0.25) is 0 Å². The Kier molecular flexibility index (Phi) is 10.8. The molecule has 5 rings (SSSR count). The first-order valence-corrected chi connectivity index (χ1v) is 15.3. The second-order valence-electron chi connectivity index (χ2n) is 11.3. The number of likely N-dealkylation sites (N-methyl/N-ethyl adjacent to an activating group) is 1. The Morgan fingerprint density at radius 2 is 1.67 bits per heavy atom. The number of urea groups is 1. The topological polar surface area (TPSA) is 109 Å². The van der Waals surface area contributed by atoms with Crippen LogP contribution in [0.15, 0.2) is 91.0 Å². The van der Waals surface area contributed by atoms with Crippen LogP contribution < -0.4 is 10.6 Å². The number of anilines is 1. The number of rotatable bonds is 11. The third kappa shape index (κ3) is 8.46. The Morgan fingerprint density at radius 3 is 2.38 bits per heavy atom. The monoisotopic (exact) mass is 611 g/mol. The molecule has 1 saturated heterocycles. The van der Waals surface area contributed by atoms with Gasteiger partial charge in [0.2, 0.25) is 0 Å². The van der Waals surface area contributed by atoms with Crippen LogP contribution in [-0.4, -0.2) is 54.9 Å². The van der Waals surface area contributed by atoms with E-state index in [1.54, 1.807) is 19.1 Å². The van der Waals surface area contributed by atoms with E-state index < -0.39 is 18.3 Å². The minimum absolute atomic E-state index is 0.0150. The van der Waals surface area contributed by atoms with Gasteiger partial charge in [-0.3, -0.25) is 9.69 Å². The number of aliphatic hydroxyl groups is 1. The standard InChI is InChI=1S/C36H41N3O6/c1-4-43-34(41)21-37-36(42)38-31-17-15-28(16-18-31)35-44-32(20-33(45-35)27-11-9-25(23-40)10-12-27)22-39(3)24(2)29-14-13-26-7-5-6-8-30(26)19-29/h5-19,24,32-33,35,40H,4,20-23H2,1-3H3,(H2,37,38,42). The lowest BCUT2D eigenvalue weighted by molar-refractivity contribution is -0.253. The molecule has 3 N–H and O–H groups in total. The van der Waals surface area contributed by atoms with Crippen LogP contribution in [0.4, 0.5) is 10.5 Å². The number of benzene rings is 4. The summed E-state index contributed by atoms with van der Waals surface area (Å²) in [5.41, 5.74) is 4.49. The Bertz CT molecular complexity index is 1580. The highest BCUT2D eigenvalue weighted by Crippen LogP contribution is 2.39. The van der Waals surface area contributed by atoms with E-state index in [2.05, 4.69) is 72.0 Å². The van der Waals surface area contributed by atoms with Gasteiger partial charge in [-0.15, -0.1) is 0 Å². The first kappa shape index (κ1) is 32.1. The maximum Gasteiger partial charge on any atom is 0.325 e. The van der Waals surface area contributed by atoms with Crippen molar-refractivity contribution >= 4 is 28.5 Å². The molecule has 0 bridgehead atoms. The van der Waals surface area contributed by atoms with Gasteiger partial charge in [-0.2, -0.15) is 0 Å². The van der Waals surface area contributed by atoms with Crippen LogP contribution in [0.3, 0.4) is 0 Å². The van der Waals surface area contributed by atoms with Gasteiger partial charge in [-0.25, -0.2) is 4.79 Å². The molecule has 2 amide bonds. The number of aliphatic hydroxyl groups excluding tert-OH is 1. The highest BCUT2D eigenvalue weighted by atomic mass is 16.7. The lowest BCUT2D eigenvalue weighted by Crippen LogP contribution is -2.38. The summed E-state index contributed by atoms with van der Waals surface area (Å²) in [6, 6.07) is 29.8. The summed E-state index contributed by atoms with van der Waals surface area (Å²) in [5, 5.41) is 17.2. The van der Waals surface area contributed by atoms with Crippen molar-refractivity contribution in [1.29, 1.82) is 0 Å². The number of carbonyl (C=O) groups is 2.